The minimum absolute atomic E-state index is 0.270. The van der Waals surface area contributed by atoms with E-state index in [1.165, 1.54) is 0 Å². The van der Waals surface area contributed by atoms with Gasteiger partial charge in [-0.1, -0.05) is 0 Å². The third kappa shape index (κ3) is 2.07. The highest BCUT2D eigenvalue weighted by Gasteiger charge is 2.21. The maximum Gasteiger partial charge on any atom is 0.145 e. The summed E-state index contributed by atoms with van der Waals surface area (Å²) in [6.07, 6.45) is 1.04. The molecule has 1 heterocycles. The summed E-state index contributed by atoms with van der Waals surface area (Å²) < 4.78 is 10.5. The Morgan fingerprint density at radius 3 is 2.69 bits per heavy atom. The minimum Gasteiger partial charge on any atom is -0.497 e. The first-order valence-electron chi connectivity index (χ1n) is 5.47. The molecule has 2 rings (SSSR count). The summed E-state index contributed by atoms with van der Waals surface area (Å²) in [5, 5.41) is 0. The zero-order valence-corrected chi connectivity index (χ0v) is 9.77. The Kier molecular flexibility index (Phi) is 3.19. The molecule has 2 N–H and O–H groups in total. The van der Waals surface area contributed by atoms with Crippen molar-refractivity contribution >= 4 is 5.69 Å². The van der Waals surface area contributed by atoms with E-state index >= 15 is 0 Å². The lowest BCUT2D eigenvalue weighted by atomic mass is 10.2. The van der Waals surface area contributed by atoms with Gasteiger partial charge in [0.1, 0.15) is 11.5 Å². The molecule has 0 spiro atoms. The van der Waals surface area contributed by atoms with Gasteiger partial charge in [-0.15, -0.1) is 0 Å². The van der Waals surface area contributed by atoms with Crippen LogP contribution in [0.15, 0.2) is 18.2 Å². The van der Waals surface area contributed by atoms with Crippen LogP contribution >= 0.6 is 0 Å². The van der Waals surface area contributed by atoms with Crippen molar-refractivity contribution in [2.45, 2.75) is 12.5 Å². The van der Waals surface area contributed by atoms with Crippen molar-refractivity contribution in [1.82, 2.24) is 0 Å². The number of benzene rings is 1. The maximum atomic E-state index is 5.90. The van der Waals surface area contributed by atoms with Crippen LogP contribution < -0.4 is 20.1 Å². The van der Waals surface area contributed by atoms with Gasteiger partial charge in [0, 0.05) is 25.2 Å². The molecule has 0 aliphatic carbocycles. The second-order valence-corrected chi connectivity index (χ2v) is 4.03. The Hall–Kier alpha value is -1.42. The minimum atomic E-state index is 0.270. The number of hydrogen-bond donors (Lipinski definition) is 1. The predicted octanol–water partition coefficient (Wildman–Crippen LogP) is 1.24. The predicted molar refractivity (Wildman–Crippen MR) is 64.4 cm³/mol. The number of rotatable bonds is 3. The van der Waals surface area contributed by atoms with Crippen LogP contribution in [0.2, 0.25) is 0 Å². The highest BCUT2D eigenvalue weighted by atomic mass is 16.5. The molecule has 1 aliphatic rings. The molecule has 1 aromatic rings. The Labute approximate surface area is 95.9 Å². The number of hydrogen-bond acceptors (Lipinski definition) is 4. The molecule has 88 valence electrons. The fourth-order valence-electron chi connectivity index (χ4n) is 2.05. The highest BCUT2D eigenvalue weighted by molar-refractivity contribution is 5.61. The Bertz CT molecular complexity index is 368. The molecule has 0 radical (unpaired) electrons. The third-order valence-electron chi connectivity index (χ3n) is 2.95. The average Bonchev–Trinajstić information content (AvgIpc) is 2.74. The van der Waals surface area contributed by atoms with Gasteiger partial charge < -0.3 is 20.1 Å². The lowest BCUT2D eigenvalue weighted by molar-refractivity contribution is 0.394. The van der Waals surface area contributed by atoms with Crippen LogP contribution in [0.1, 0.15) is 6.42 Å². The molecule has 0 bridgehead atoms. The first-order chi connectivity index (χ1) is 7.74. The topological polar surface area (TPSA) is 47.7 Å². The second kappa shape index (κ2) is 4.61. The number of methoxy groups -OCH3 is 2. The normalized spacial score (nSPS) is 19.9. The Balaban J connectivity index is 2.26. The van der Waals surface area contributed by atoms with Gasteiger partial charge in [0.25, 0.3) is 0 Å². The van der Waals surface area contributed by atoms with Crippen LogP contribution in [0, 0.1) is 0 Å². The summed E-state index contributed by atoms with van der Waals surface area (Å²) in [5.74, 6) is 1.65. The lowest BCUT2D eigenvalue weighted by Crippen LogP contribution is -2.26. The van der Waals surface area contributed by atoms with Gasteiger partial charge in [0.2, 0.25) is 0 Å². The SMILES string of the molecule is COc1ccc(N2CC[C@@H](N)C2)c(OC)c1. The highest BCUT2D eigenvalue weighted by Crippen LogP contribution is 2.33. The molecule has 1 saturated heterocycles. The van der Waals surface area contributed by atoms with E-state index in [2.05, 4.69) is 4.90 Å². The lowest BCUT2D eigenvalue weighted by Gasteiger charge is -2.21. The van der Waals surface area contributed by atoms with Gasteiger partial charge >= 0.3 is 0 Å². The molecule has 0 amide bonds. The quantitative estimate of drug-likeness (QED) is 0.836. The van der Waals surface area contributed by atoms with Gasteiger partial charge in [-0.2, -0.15) is 0 Å². The summed E-state index contributed by atoms with van der Waals surface area (Å²) in [7, 11) is 3.33. The van der Waals surface area contributed by atoms with E-state index in [0.29, 0.717) is 0 Å². The summed E-state index contributed by atoms with van der Waals surface area (Å²) in [6.45, 7) is 1.88. The van der Waals surface area contributed by atoms with Crippen LogP contribution in [0.5, 0.6) is 11.5 Å². The van der Waals surface area contributed by atoms with Crippen molar-refractivity contribution in [3.8, 4) is 11.5 Å². The molecule has 16 heavy (non-hydrogen) atoms. The largest absolute Gasteiger partial charge is 0.497 e. The average molecular weight is 222 g/mol. The van der Waals surface area contributed by atoms with E-state index in [-0.39, 0.29) is 6.04 Å². The van der Waals surface area contributed by atoms with E-state index in [1.54, 1.807) is 14.2 Å². The third-order valence-corrected chi connectivity index (χ3v) is 2.95. The zero-order chi connectivity index (χ0) is 11.5. The molecule has 1 atom stereocenters. The summed E-state index contributed by atoms with van der Waals surface area (Å²) in [4.78, 5) is 2.25. The van der Waals surface area contributed by atoms with Crippen LogP contribution in [0.25, 0.3) is 0 Å². The number of nitrogens with two attached hydrogens (primary N) is 1. The van der Waals surface area contributed by atoms with Crippen LogP contribution in [0.3, 0.4) is 0 Å². The fraction of sp³-hybridized carbons (Fsp3) is 0.500. The number of ether oxygens (including phenoxy) is 2. The monoisotopic (exact) mass is 222 g/mol. The molecular weight excluding hydrogens is 204 g/mol. The zero-order valence-electron chi connectivity index (χ0n) is 9.77. The van der Waals surface area contributed by atoms with E-state index < -0.39 is 0 Å². The van der Waals surface area contributed by atoms with Crippen molar-refractivity contribution in [2.75, 3.05) is 32.2 Å². The van der Waals surface area contributed by atoms with Crippen LogP contribution in [-0.4, -0.2) is 33.4 Å². The Morgan fingerprint density at radius 1 is 1.31 bits per heavy atom. The number of anilines is 1. The van der Waals surface area contributed by atoms with Crippen molar-refractivity contribution in [2.24, 2.45) is 5.73 Å². The summed E-state index contributed by atoms with van der Waals surface area (Å²) >= 11 is 0. The first-order valence-corrected chi connectivity index (χ1v) is 5.47. The van der Waals surface area contributed by atoms with Crippen molar-refractivity contribution in [3.63, 3.8) is 0 Å². The van der Waals surface area contributed by atoms with E-state index in [4.69, 9.17) is 15.2 Å². The van der Waals surface area contributed by atoms with Crippen molar-refractivity contribution in [3.05, 3.63) is 18.2 Å². The molecule has 0 saturated carbocycles. The van der Waals surface area contributed by atoms with E-state index in [1.807, 2.05) is 18.2 Å². The number of nitrogens with zero attached hydrogens (tertiary/aromatic N) is 1. The van der Waals surface area contributed by atoms with Gasteiger partial charge in [-0.25, -0.2) is 0 Å². The molecule has 1 fully saturated rings. The Morgan fingerprint density at radius 2 is 2.12 bits per heavy atom. The van der Waals surface area contributed by atoms with Crippen LogP contribution in [-0.2, 0) is 0 Å². The smallest absolute Gasteiger partial charge is 0.145 e. The van der Waals surface area contributed by atoms with Gasteiger partial charge in [-0.05, 0) is 18.6 Å². The molecule has 4 heteroatoms. The molecule has 1 aromatic carbocycles. The van der Waals surface area contributed by atoms with E-state index in [0.717, 1.165) is 36.7 Å². The summed E-state index contributed by atoms with van der Waals surface area (Å²) in [6, 6.07) is 6.14. The second-order valence-electron chi connectivity index (χ2n) is 4.03. The standard InChI is InChI=1S/C12H18N2O2/c1-15-10-3-4-11(12(7-10)16-2)14-6-5-9(13)8-14/h3-4,7,9H,5-6,8,13H2,1-2H3/t9-/m1/s1. The molecular formula is C12H18N2O2. The van der Waals surface area contributed by atoms with Crippen LogP contribution in [0.4, 0.5) is 5.69 Å². The van der Waals surface area contributed by atoms with Gasteiger partial charge in [-0.3, -0.25) is 0 Å². The fourth-order valence-corrected chi connectivity index (χ4v) is 2.05. The molecule has 4 nitrogen and oxygen atoms in total. The molecule has 0 unspecified atom stereocenters. The maximum absolute atomic E-state index is 5.90. The van der Waals surface area contributed by atoms with Gasteiger partial charge in [0.05, 0.1) is 19.9 Å². The van der Waals surface area contributed by atoms with Gasteiger partial charge in [0.15, 0.2) is 0 Å². The molecule has 1 aliphatic heterocycles. The van der Waals surface area contributed by atoms with E-state index in [9.17, 15) is 0 Å². The summed E-state index contributed by atoms with van der Waals surface area (Å²) in [5.41, 5.74) is 7.00. The van der Waals surface area contributed by atoms with Crippen molar-refractivity contribution in [1.29, 1.82) is 0 Å². The first kappa shape index (κ1) is 11.1. The van der Waals surface area contributed by atoms with Crippen molar-refractivity contribution < 1.29 is 9.47 Å². The molecule has 0 aromatic heterocycles.